The smallest absolute Gasteiger partial charge is 0.244 e. The molecule has 0 amide bonds. The summed E-state index contributed by atoms with van der Waals surface area (Å²) in [4.78, 5) is 0.207. The summed E-state index contributed by atoms with van der Waals surface area (Å²) in [5.74, 6) is 2.83. The number of nitrogens with one attached hydrogen (secondary N) is 1. The zero-order valence-electron chi connectivity index (χ0n) is 10.3. The molecule has 1 saturated heterocycles. The lowest BCUT2D eigenvalue weighted by Gasteiger charge is -2.22. The first kappa shape index (κ1) is 13.9. The third-order valence-electron chi connectivity index (χ3n) is 2.90. The summed E-state index contributed by atoms with van der Waals surface area (Å²) < 4.78 is 32.5. The summed E-state index contributed by atoms with van der Waals surface area (Å²) in [7, 11) is -3.49. The Morgan fingerprint density at radius 1 is 1.61 bits per heavy atom. The SMILES string of the molecule is Cc1oc(CN)cc1S(=O)(=O)NC1CCCSC1. The molecule has 1 unspecified atom stereocenters. The van der Waals surface area contributed by atoms with E-state index >= 15 is 0 Å². The number of aryl methyl sites for hydroxylation is 1. The molecule has 3 N–H and O–H groups in total. The highest BCUT2D eigenvalue weighted by Crippen LogP contribution is 2.22. The quantitative estimate of drug-likeness (QED) is 0.871. The predicted octanol–water partition coefficient (Wildman–Crippen LogP) is 1.22. The first-order valence-corrected chi connectivity index (χ1v) is 8.56. The maximum Gasteiger partial charge on any atom is 0.244 e. The monoisotopic (exact) mass is 290 g/mol. The molecule has 7 heteroatoms. The lowest BCUT2D eigenvalue weighted by atomic mass is 10.2. The van der Waals surface area contributed by atoms with Crippen LogP contribution < -0.4 is 10.5 Å². The average Bonchev–Trinajstić information content (AvgIpc) is 2.72. The Bertz CT molecular complexity index is 504. The van der Waals surface area contributed by atoms with Gasteiger partial charge in [-0.05, 0) is 25.5 Å². The highest BCUT2D eigenvalue weighted by Gasteiger charge is 2.25. The fourth-order valence-corrected chi connectivity index (χ4v) is 4.66. The van der Waals surface area contributed by atoms with Crippen molar-refractivity contribution in [3.05, 3.63) is 17.6 Å². The second-order valence-corrected chi connectivity index (χ2v) is 7.20. The summed E-state index contributed by atoms with van der Waals surface area (Å²) in [5, 5.41) is 0. The van der Waals surface area contributed by atoms with E-state index in [0.717, 1.165) is 24.3 Å². The molecule has 102 valence electrons. The lowest BCUT2D eigenvalue weighted by molar-refractivity contribution is 0.477. The van der Waals surface area contributed by atoms with Gasteiger partial charge in [-0.2, -0.15) is 11.8 Å². The van der Waals surface area contributed by atoms with E-state index in [-0.39, 0.29) is 17.5 Å². The minimum absolute atomic E-state index is 0.0179. The van der Waals surface area contributed by atoms with Crippen LogP contribution in [0.15, 0.2) is 15.4 Å². The molecular weight excluding hydrogens is 272 g/mol. The number of nitrogens with two attached hydrogens (primary N) is 1. The fraction of sp³-hybridized carbons (Fsp3) is 0.636. The number of hydrogen-bond acceptors (Lipinski definition) is 5. The molecule has 18 heavy (non-hydrogen) atoms. The van der Waals surface area contributed by atoms with Crippen LogP contribution in [0.4, 0.5) is 0 Å². The number of sulfonamides is 1. The van der Waals surface area contributed by atoms with Crippen LogP contribution in [0.2, 0.25) is 0 Å². The minimum atomic E-state index is -3.49. The van der Waals surface area contributed by atoms with Gasteiger partial charge in [0.05, 0.1) is 6.54 Å². The second kappa shape index (κ2) is 5.64. The van der Waals surface area contributed by atoms with Crippen LogP contribution in [-0.2, 0) is 16.6 Å². The van der Waals surface area contributed by atoms with Crippen LogP contribution in [0.5, 0.6) is 0 Å². The molecule has 1 aliphatic heterocycles. The number of rotatable bonds is 4. The normalized spacial score (nSPS) is 21.1. The molecule has 1 aromatic heterocycles. The van der Waals surface area contributed by atoms with Crippen LogP contribution in [0.3, 0.4) is 0 Å². The Morgan fingerprint density at radius 2 is 2.39 bits per heavy atom. The molecular formula is C11H18N2O3S2. The second-order valence-electron chi connectivity index (χ2n) is 4.37. The van der Waals surface area contributed by atoms with Crippen LogP contribution in [0.25, 0.3) is 0 Å². The van der Waals surface area contributed by atoms with E-state index in [2.05, 4.69) is 4.72 Å². The van der Waals surface area contributed by atoms with Crippen molar-refractivity contribution in [3.63, 3.8) is 0 Å². The minimum Gasteiger partial charge on any atom is -0.464 e. The molecule has 0 saturated carbocycles. The van der Waals surface area contributed by atoms with Crippen molar-refractivity contribution >= 4 is 21.8 Å². The van der Waals surface area contributed by atoms with Gasteiger partial charge in [-0.25, -0.2) is 13.1 Å². The molecule has 0 bridgehead atoms. The Labute approximate surface area is 112 Å². The first-order chi connectivity index (χ1) is 8.53. The lowest BCUT2D eigenvalue weighted by Crippen LogP contribution is -2.38. The van der Waals surface area contributed by atoms with Gasteiger partial charge in [-0.15, -0.1) is 0 Å². The Hall–Kier alpha value is -0.500. The van der Waals surface area contributed by atoms with Crippen molar-refractivity contribution in [1.29, 1.82) is 0 Å². The highest BCUT2D eigenvalue weighted by molar-refractivity contribution is 7.99. The van der Waals surface area contributed by atoms with E-state index in [1.165, 1.54) is 6.07 Å². The number of furan rings is 1. The zero-order valence-corrected chi connectivity index (χ0v) is 11.9. The van der Waals surface area contributed by atoms with Crippen molar-refractivity contribution in [3.8, 4) is 0 Å². The molecule has 2 rings (SSSR count). The zero-order chi connectivity index (χ0) is 13.2. The number of hydrogen-bond donors (Lipinski definition) is 2. The van der Waals surface area contributed by atoms with Gasteiger partial charge in [0.15, 0.2) is 0 Å². The molecule has 0 spiro atoms. The van der Waals surface area contributed by atoms with Gasteiger partial charge >= 0.3 is 0 Å². The molecule has 0 radical (unpaired) electrons. The van der Waals surface area contributed by atoms with Crippen LogP contribution in [0, 0.1) is 6.92 Å². The average molecular weight is 290 g/mol. The Balaban J connectivity index is 2.16. The van der Waals surface area contributed by atoms with Gasteiger partial charge in [-0.1, -0.05) is 0 Å². The van der Waals surface area contributed by atoms with Crippen LogP contribution in [-0.4, -0.2) is 26.0 Å². The van der Waals surface area contributed by atoms with Gasteiger partial charge < -0.3 is 10.2 Å². The summed E-state index contributed by atoms with van der Waals surface area (Å²) in [6.07, 6.45) is 1.95. The fourth-order valence-electron chi connectivity index (χ4n) is 2.01. The van der Waals surface area contributed by atoms with Crippen molar-refractivity contribution in [2.24, 2.45) is 5.73 Å². The summed E-state index contributed by atoms with van der Waals surface area (Å²) in [5.41, 5.74) is 5.45. The van der Waals surface area contributed by atoms with E-state index in [1.807, 2.05) is 0 Å². The van der Waals surface area contributed by atoms with Crippen LogP contribution >= 0.6 is 11.8 Å². The van der Waals surface area contributed by atoms with Gasteiger partial charge in [0.2, 0.25) is 10.0 Å². The maximum atomic E-state index is 12.2. The number of thioether (sulfide) groups is 1. The van der Waals surface area contributed by atoms with Gasteiger partial charge in [0.1, 0.15) is 16.4 Å². The Kier molecular flexibility index (Phi) is 4.37. The van der Waals surface area contributed by atoms with E-state index in [1.54, 1.807) is 18.7 Å². The van der Waals surface area contributed by atoms with Gasteiger partial charge in [-0.3, -0.25) is 0 Å². The maximum absolute atomic E-state index is 12.2. The van der Waals surface area contributed by atoms with Gasteiger partial charge in [0.25, 0.3) is 0 Å². The summed E-state index contributed by atoms with van der Waals surface area (Å²) in [6, 6.07) is 1.53. The van der Waals surface area contributed by atoms with Gasteiger partial charge in [0, 0.05) is 17.9 Å². The topological polar surface area (TPSA) is 85.3 Å². The molecule has 1 fully saturated rings. The standard InChI is InChI=1S/C11H18N2O3S2/c1-8-11(5-10(6-12)16-8)18(14,15)13-9-3-2-4-17-7-9/h5,9,13H,2-4,6-7,12H2,1H3. The summed E-state index contributed by atoms with van der Waals surface area (Å²) in [6.45, 7) is 1.85. The highest BCUT2D eigenvalue weighted by atomic mass is 32.2. The third kappa shape index (κ3) is 3.09. The van der Waals surface area contributed by atoms with Crippen LogP contribution in [0.1, 0.15) is 24.4 Å². The molecule has 5 nitrogen and oxygen atoms in total. The van der Waals surface area contributed by atoms with Crippen molar-refractivity contribution in [2.75, 3.05) is 11.5 Å². The van der Waals surface area contributed by atoms with E-state index in [9.17, 15) is 8.42 Å². The predicted molar refractivity (Wildman–Crippen MR) is 72.0 cm³/mol. The van der Waals surface area contributed by atoms with E-state index < -0.39 is 10.0 Å². The molecule has 0 aliphatic carbocycles. The molecule has 1 atom stereocenters. The molecule has 1 aromatic rings. The first-order valence-electron chi connectivity index (χ1n) is 5.92. The molecule has 0 aromatic carbocycles. The van der Waals surface area contributed by atoms with Crippen molar-refractivity contribution in [1.82, 2.24) is 4.72 Å². The largest absolute Gasteiger partial charge is 0.464 e. The third-order valence-corrected chi connectivity index (χ3v) is 5.74. The van der Waals surface area contributed by atoms with Crippen molar-refractivity contribution < 1.29 is 12.8 Å². The summed E-state index contributed by atoms with van der Waals surface area (Å²) >= 11 is 1.78. The Morgan fingerprint density at radius 3 is 2.94 bits per heavy atom. The van der Waals surface area contributed by atoms with E-state index in [4.69, 9.17) is 10.2 Å². The van der Waals surface area contributed by atoms with E-state index in [0.29, 0.717) is 11.5 Å². The van der Waals surface area contributed by atoms with Crippen molar-refractivity contribution in [2.45, 2.75) is 37.2 Å². The molecule has 2 heterocycles. The molecule has 1 aliphatic rings.